The number of nitrogens with zero attached hydrogens (tertiary/aromatic N) is 2. The van der Waals surface area contributed by atoms with Gasteiger partial charge in [0, 0.05) is 5.56 Å². The first-order valence-corrected chi connectivity index (χ1v) is 5.16. The maximum Gasteiger partial charge on any atom is 0.141 e. The zero-order chi connectivity index (χ0) is 11.5. The van der Waals surface area contributed by atoms with Gasteiger partial charge in [-0.1, -0.05) is 24.3 Å². The summed E-state index contributed by atoms with van der Waals surface area (Å²) in [5.41, 5.74) is 4.82. The molecule has 0 aliphatic heterocycles. The van der Waals surface area contributed by atoms with Crippen LogP contribution in [0.2, 0.25) is 0 Å². The van der Waals surface area contributed by atoms with Crippen LogP contribution in [0.5, 0.6) is 0 Å². The average molecular weight is 208 g/mol. The molecule has 1 aromatic carbocycles. The molecule has 2 aromatic rings. The molecule has 2 rings (SSSR count). The molecule has 0 spiro atoms. The van der Waals surface area contributed by atoms with Crippen LogP contribution in [0.1, 0.15) is 16.8 Å². The third-order valence-electron chi connectivity index (χ3n) is 2.60. The zero-order valence-corrected chi connectivity index (χ0v) is 9.36. The van der Waals surface area contributed by atoms with Crippen LogP contribution in [0.3, 0.4) is 0 Å². The Kier molecular flexibility index (Phi) is 2.70. The number of pyridine rings is 1. The highest BCUT2D eigenvalue weighted by molar-refractivity contribution is 5.67. The lowest BCUT2D eigenvalue weighted by atomic mass is 9.99. The predicted molar refractivity (Wildman–Crippen MR) is 63.9 cm³/mol. The van der Waals surface area contributed by atoms with Crippen molar-refractivity contribution >= 4 is 0 Å². The van der Waals surface area contributed by atoms with Crippen molar-refractivity contribution in [2.75, 3.05) is 0 Å². The van der Waals surface area contributed by atoms with Gasteiger partial charge < -0.3 is 0 Å². The minimum absolute atomic E-state index is 0.458. The molecule has 0 N–H and O–H groups in total. The van der Waals surface area contributed by atoms with Crippen LogP contribution in [0, 0.1) is 25.2 Å². The minimum atomic E-state index is 0.458. The number of nitriles is 1. The van der Waals surface area contributed by atoms with E-state index in [1.165, 1.54) is 11.1 Å². The van der Waals surface area contributed by atoms with Gasteiger partial charge in [-0.2, -0.15) is 5.26 Å². The summed E-state index contributed by atoms with van der Waals surface area (Å²) >= 11 is 0. The molecule has 78 valence electrons. The maximum absolute atomic E-state index is 8.84. The Labute approximate surface area is 95.2 Å². The van der Waals surface area contributed by atoms with Gasteiger partial charge >= 0.3 is 0 Å². The number of benzene rings is 1. The molecule has 1 heterocycles. The molecule has 0 amide bonds. The van der Waals surface area contributed by atoms with Gasteiger partial charge in [-0.3, -0.25) is 0 Å². The quantitative estimate of drug-likeness (QED) is 0.721. The van der Waals surface area contributed by atoms with E-state index in [0.29, 0.717) is 5.69 Å². The first kappa shape index (κ1) is 10.4. The van der Waals surface area contributed by atoms with Crippen LogP contribution in [0.4, 0.5) is 0 Å². The van der Waals surface area contributed by atoms with Crippen LogP contribution in [-0.2, 0) is 0 Å². The van der Waals surface area contributed by atoms with E-state index in [0.717, 1.165) is 11.3 Å². The molecule has 0 fully saturated rings. The molecule has 2 heteroatoms. The van der Waals surface area contributed by atoms with Crippen LogP contribution in [0.15, 0.2) is 36.4 Å². The third kappa shape index (κ3) is 1.80. The van der Waals surface area contributed by atoms with Crippen molar-refractivity contribution in [2.45, 2.75) is 13.8 Å². The van der Waals surface area contributed by atoms with Crippen molar-refractivity contribution in [3.05, 3.63) is 53.2 Å². The van der Waals surface area contributed by atoms with Crippen LogP contribution < -0.4 is 0 Å². The van der Waals surface area contributed by atoms with Crippen molar-refractivity contribution < 1.29 is 0 Å². The van der Waals surface area contributed by atoms with E-state index in [9.17, 15) is 0 Å². The highest BCUT2D eigenvalue weighted by atomic mass is 14.7. The van der Waals surface area contributed by atoms with Crippen molar-refractivity contribution in [3.8, 4) is 17.3 Å². The molecular weight excluding hydrogens is 196 g/mol. The molecule has 0 bridgehead atoms. The number of hydrogen-bond donors (Lipinski definition) is 0. The minimum Gasteiger partial charge on any atom is -0.237 e. The Morgan fingerprint density at radius 3 is 2.25 bits per heavy atom. The Balaban J connectivity index is 2.64. The van der Waals surface area contributed by atoms with E-state index in [1.807, 2.05) is 18.2 Å². The molecule has 0 aliphatic carbocycles. The molecular formula is C14H12N2. The second-order valence-electron chi connectivity index (χ2n) is 3.79. The normalized spacial score (nSPS) is 9.81. The summed E-state index contributed by atoms with van der Waals surface area (Å²) in [5.74, 6) is 0. The summed E-state index contributed by atoms with van der Waals surface area (Å²) in [6.07, 6.45) is 0. The summed E-state index contributed by atoms with van der Waals surface area (Å²) < 4.78 is 0. The summed E-state index contributed by atoms with van der Waals surface area (Å²) in [6.45, 7) is 4.12. The Hall–Kier alpha value is -2.14. The Morgan fingerprint density at radius 2 is 1.62 bits per heavy atom. The lowest BCUT2D eigenvalue weighted by Crippen LogP contribution is -1.92. The highest BCUT2D eigenvalue weighted by Crippen LogP contribution is 2.25. The molecule has 0 saturated heterocycles. The lowest BCUT2D eigenvalue weighted by Gasteiger charge is -2.08. The summed E-state index contributed by atoms with van der Waals surface area (Å²) in [4.78, 5) is 4.32. The van der Waals surface area contributed by atoms with Crippen molar-refractivity contribution in [2.24, 2.45) is 0 Å². The summed E-state index contributed by atoms with van der Waals surface area (Å²) in [7, 11) is 0. The smallest absolute Gasteiger partial charge is 0.141 e. The number of hydrogen-bond acceptors (Lipinski definition) is 2. The second-order valence-corrected chi connectivity index (χ2v) is 3.79. The van der Waals surface area contributed by atoms with Gasteiger partial charge in [0.15, 0.2) is 0 Å². The van der Waals surface area contributed by atoms with E-state index >= 15 is 0 Å². The van der Waals surface area contributed by atoms with Crippen molar-refractivity contribution in [1.82, 2.24) is 4.98 Å². The van der Waals surface area contributed by atoms with Gasteiger partial charge in [-0.05, 0) is 37.1 Å². The van der Waals surface area contributed by atoms with E-state index in [4.69, 9.17) is 5.26 Å². The van der Waals surface area contributed by atoms with Gasteiger partial charge in [0.25, 0.3) is 0 Å². The largest absolute Gasteiger partial charge is 0.237 e. The monoisotopic (exact) mass is 208 g/mol. The van der Waals surface area contributed by atoms with E-state index < -0.39 is 0 Å². The number of aromatic nitrogens is 1. The van der Waals surface area contributed by atoms with E-state index in [1.54, 1.807) is 6.07 Å². The number of rotatable bonds is 1. The molecule has 0 unspecified atom stereocenters. The zero-order valence-electron chi connectivity index (χ0n) is 9.36. The summed E-state index contributed by atoms with van der Waals surface area (Å²) in [5, 5.41) is 8.84. The van der Waals surface area contributed by atoms with Gasteiger partial charge in [0.2, 0.25) is 0 Å². The Bertz CT molecular complexity index is 545. The van der Waals surface area contributed by atoms with E-state index in [2.05, 4.69) is 37.0 Å². The first-order chi connectivity index (χ1) is 7.72. The highest BCUT2D eigenvalue weighted by Gasteiger charge is 2.06. The fourth-order valence-corrected chi connectivity index (χ4v) is 1.85. The fourth-order valence-electron chi connectivity index (χ4n) is 1.85. The average Bonchev–Trinajstić information content (AvgIpc) is 2.29. The van der Waals surface area contributed by atoms with Gasteiger partial charge in [0.05, 0.1) is 5.69 Å². The van der Waals surface area contributed by atoms with Gasteiger partial charge in [-0.15, -0.1) is 0 Å². The predicted octanol–water partition coefficient (Wildman–Crippen LogP) is 3.24. The molecule has 2 nitrogen and oxygen atoms in total. The molecule has 0 aliphatic rings. The standard InChI is InChI=1S/C14H12N2/c1-10-5-3-6-11(2)14(10)13-8-4-7-12(9-15)16-13/h3-8H,1-2H3. The Morgan fingerprint density at radius 1 is 1.00 bits per heavy atom. The van der Waals surface area contributed by atoms with E-state index in [-0.39, 0.29) is 0 Å². The molecule has 0 saturated carbocycles. The first-order valence-electron chi connectivity index (χ1n) is 5.16. The van der Waals surface area contributed by atoms with Crippen LogP contribution in [-0.4, -0.2) is 4.98 Å². The molecule has 0 radical (unpaired) electrons. The topological polar surface area (TPSA) is 36.7 Å². The fraction of sp³-hybridized carbons (Fsp3) is 0.143. The molecule has 1 aromatic heterocycles. The SMILES string of the molecule is Cc1cccc(C)c1-c1cccc(C#N)n1. The van der Waals surface area contributed by atoms with Crippen molar-refractivity contribution in [1.29, 1.82) is 5.26 Å². The van der Waals surface area contributed by atoms with Crippen molar-refractivity contribution in [3.63, 3.8) is 0 Å². The second kappa shape index (κ2) is 4.16. The third-order valence-corrected chi connectivity index (χ3v) is 2.60. The van der Waals surface area contributed by atoms with Gasteiger partial charge in [-0.25, -0.2) is 4.98 Å². The molecule has 16 heavy (non-hydrogen) atoms. The van der Waals surface area contributed by atoms with Crippen LogP contribution in [0.25, 0.3) is 11.3 Å². The van der Waals surface area contributed by atoms with Crippen LogP contribution >= 0.6 is 0 Å². The number of aryl methyl sites for hydroxylation is 2. The van der Waals surface area contributed by atoms with Gasteiger partial charge in [0.1, 0.15) is 11.8 Å². The lowest BCUT2D eigenvalue weighted by molar-refractivity contribution is 1.24. The summed E-state index contributed by atoms with van der Waals surface area (Å²) in [6, 6.07) is 13.7. The maximum atomic E-state index is 8.84. The molecule has 0 atom stereocenters.